The van der Waals surface area contributed by atoms with E-state index in [1.165, 1.54) is 10.7 Å². The van der Waals surface area contributed by atoms with Gasteiger partial charge in [0.15, 0.2) is 0 Å². The molecule has 0 radical (unpaired) electrons. The van der Waals surface area contributed by atoms with Crippen molar-refractivity contribution in [1.29, 1.82) is 0 Å². The van der Waals surface area contributed by atoms with E-state index in [0.717, 1.165) is 7.14 Å². The van der Waals surface area contributed by atoms with Crippen LogP contribution in [0.4, 0.5) is 5.69 Å². The number of nitrogens with zero attached hydrogens (tertiary/aromatic N) is 3. The summed E-state index contributed by atoms with van der Waals surface area (Å²) in [6.07, 6.45) is 3.40. The van der Waals surface area contributed by atoms with Gasteiger partial charge in [-0.05, 0) is 57.3 Å². The van der Waals surface area contributed by atoms with E-state index in [9.17, 15) is 10.1 Å². The molecule has 16 heavy (non-hydrogen) atoms. The molecule has 0 fully saturated rings. The number of halogens is 2. The summed E-state index contributed by atoms with van der Waals surface area (Å²) in [6, 6.07) is 5.05. The van der Waals surface area contributed by atoms with Gasteiger partial charge in [-0.2, -0.15) is 5.10 Å². The van der Waals surface area contributed by atoms with Crippen LogP contribution in [-0.2, 0) is 0 Å². The van der Waals surface area contributed by atoms with Gasteiger partial charge in [-0.1, -0.05) is 0 Å². The number of nitro groups is 1. The van der Waals surface area contributed by atoms with Gasteiger partial charge in [0.1, 0.15) is 5.69 Å². The van der Waals surface area contributed by atoms with Crippen molar-refractivity contribution in [3.8, 4) is 5.69 Å². The first-order valence-electron chi connectivity index (χ1n) is 4.22. The summed E-state index contributed by atoms with van der Waals surface area (Å²) in [6.45, 7) is 0. The van der Waals surface area contributed by atoms with E-state index in [2.05, 4.69) is 27.7 Å². The molecule has 0 aliphatic heterocycles. The maximum Gasteiger partial charge on any atom is 0.295 e. The second-order valence-corrected chi connectivity index (χ2v) is 5.48. The minimum atomic E-state index is -0.397. The molecule has 2 aromatic rings. The van der Waals surface area contributed by atoms with Gasteiger partial charge in [0.25, 0.3) is 5.69 Å². The summed E-state index contributed by atoms with van der Waals surface area (Å²) in [5, 5.41) is 15.0. The topological polar surface area (TPSA) is 61.0 Å². The SMILES string of the molecule is O=[N+]([O-])c1cc(I)ccc1-n1cc(I)cn1. The lowest BCUT2D eigenvalue weighted by Gasteiger charge is -2.02. The van der Waals surface area contributed by atoms with Gasteiger partial charge in [0, 0.05) is 15.8 Å². The first-order chi connectivity index (χ1) is 7.58. The molecule has 1 aromatic heterocycles. The second kappa shape index (κ2) is 4.65. The van der Waals surface area contributed by atoms with Crippen LogP contribution in [0.3, 0.4) is 0 Å². The summed E-state index contributed by atoms with van der Waals surface area (Å²) in [7, 11) is 0. The Morgan fingerprint density at radius 3 is 2.62 bits per heavy atom. The Hall–Kier alpha value is -0.710. The third kappa shape index (κ3) is 2.34. The molecular formula is C9H5I2N3O2. The Bertz CT molecular complexity index is 553. The molecule has 0 unspecified atom stereocenters. The summed E-state index contributed by atoms with van der Waals surface area (Å²) < 4.78 is 3.27. The van der Waals surface area contributed by atoms with Crippen LogP contribution in [0.25, 0.3) is 5.69 Å². The molecule has 0 atom stereocenters. The number of hydrogen-bond acceptors (Lipinski definition) is 3. The predicted molar refractivity (Wildman–Crippen MR) is 75.7 cm³/mol. The molecule has 7 heteroatoms. The van der Waals surface area contributed by atoms with Gasteiger partial charge in [-0.15, -0.1) is 0 Å². The van der Waals surface area contributed by atoms with E-state index in [-0.39, 0.29) is 5.69 Å². The number of hydrogen-bond donors (Lipinski definition) is 0. The number of rotatable bonds is 2. The van der Waals surface area contributed by atoms with Crippen molar-refractivity contribution < 1.29 is 4.92 Å². The van der Waals surface area contributed by atoms with Crippen LogP contribution in [0, 0.1) is 17.3 Å². The highest BCUT2D eigenvalue weighted by atomic mass is 127. The van der Waals surface area contributed by atoms with Crippen LogP contribution >= 0.6 is 45.2 Å². The maximum atomic E-state index is 10.9. The molecule has 5 nitrogen and oxygen atoms in total. The van der Waals surface area contributed by atoms with E-state index in [1.54, 1.807) is 18.5 Å². The normalized spacial score (nSPS) is 10.4. The van der Waals surface area contributed by atoms with E-state index in [4.69, 9.17) is 0 Å². The minimum absolute atomic E-state index is 0.0615. The third-order valence-corrected chi connectivity index (χ3v) is 3.16. The molecule has 1 heterocycles. The van der Waals surface area contributed by atoms with Crippen molar-refractivity contribution in [3.63, 3.8) is 0 Å². The number of aromatic nitrogens is 2. The number of nitro benzene ring substituents is 1. The lowest BCUT2D eigenvalue weighted by atomic mass is 10.3. The second-order valence-electron chi connectivity index (χ2n) is 2.99. The quantitative estimate of drug-likeness (QED) is 0.409. The molecular weight excluding hydrogens is 436 g/mol. The predicted octanol–water partition coefficient (Wildman–Crippen LogP) is 2.99. The molecule has 0 bridgehead atoms. The van der Waals surface area contributed by atoms with E-state index < -0.39 is 4.92 Å². The van der Waals surface area contributed by atoms with Gasteiger partial charge in [0.05, 0.1) is 14.7 Å². The maximum absolute atomic E-state index is 10.9. The van der Waals surface area contributed by atoms with Crippen LogP contribution in [0.2, 0.25) is 0 Å². The summed E-state index contributed by atoms with van der Waals surface area (Å²) in [5.41, 5.74) is 0.541. The van der Waals surface area contributed by atoms with Gasteiger partial charge in [-0.3, -0.25) is 10.1 Å². The summed E-state index contributed by atoms with van der Waals surface area (Å²) >= 11 is 4.15. The molecule has 0 aliphatic rings. The van der Waals surface area contributed by atoms with Gasteiger partial charge in [-0.25, -0.2) is 4.68 Å². The monoisotopic (exact) mass is 441 g/mol. The minimum Gasteiger partial charge on any atom is -0.258 e. The average Bonchev–Trinajstić information content (AvgIpc) is 2.64. The average molecular weight is 441 g/mol. The van der Waals surface area contributed by atoms with Crippen molar-refractivity contribution in [2.24, 2.45) is 0 Å². The van der Waals surface area contributed by atoms with Crippen LogP contribution in [-0.4, -0.2) is 14.7 Å². The van der Waals surface area contributed by atoms with Gasteiger partial charge in [0.2, 0.25) is 0 Å². The fraction of sp³-hybridized carbons (Fsp3) is 0. The highest BCUT2D eigenvalue weighted by Crippen LogP contribution is 2.24. The standard InChI is InChI=1S/C9H5I2N3O2/c10-6-1-2-8(9(3-6)14(15)16)13-5-7(11)4-12-13/h1-5H. The van der Waals surface area contributed by atoms with Crippen molar-refractivity contribution in [2.75, 3.05) is 0 Å². The zero-order chi connectivity index (χ0) is 11.7. The largest absolute Gasteiger partial charge is 0.295 e. The van der Waals surface area contributed by atoms with Crippen LogP contribution < -0.4 is 0 Å². The molecule has 0 spiro atoms. The number of benzene rings is 1. The molecule has 0 aliphatic carbocycles. The lowest BCUT2D eigenvalue weighted by Crippen LogP contribution is -2.00. The molecule has 0 saturated carbocycles. The van der Waals surface area contributed by atoms with Crippen molar-refractivity contribution in [2.45, 2.75) is 0 Å². The summed E-state index contributed by atoms with van der Waals surface area (Å²) in [5.74, 6) is 0. The Labute approximate surface area is 118 Å². The Balaban J connectivity index is 2.60. The summed E-state index contributed by atoms with van der Waals surface area (Å²) in [4.78, 5) is 10.5. The Kier molecular flexibility index (Phi) is 3.42. The van der Waals surface area contributed by atoms with E-state index >= 15 is 0 Å². The van der Waals surface area contributed by atoms with Gasteiger partial charge >= 0.3 is 0 Å². The molecule has 0 N–H and O–H groups in total. The zero-order valence-corrected chi connectivity index (χ0v) is 12.1. The Morgan fingerprint density at radius 2 is 2.06 bits per heavy atom. The van der Waals surface area contributed by atoms with Gasteiger partial charge < -0.3 is 0 Å². The van der Waals surface area contributed by atoms with E-state index in [0.29, 0.717) is 5.69 Å². The first-order valence-corrected chi connectivity index (χ1v) is 6.38. The molecule has 1 aromatic carbocycles. The van der Waals surface area contributed by atoms with Crippen LogP contribution in [0.15, 0.2) is 30.6 Å². The van der Waals surface area contributed by atoms with E-state index in [1.807, 2.05) is 28.7 Å². The van der Waals surface area contributed by atoms with Crippen molar-refractivity contribution >= 4 is 50.9 Å². The fourth-order valence-corrected chi connectivity index (χ4v) is 2.13. The smallest absolute Gasteiger partial charge is 0.258 e. The molecule has 2 rings (SSSR count). The highest BCUT2D eigenvalue weighted by Gasteiger charge is 2.16. The van der Waals surface area contributed by atoms with Crippen molar-refractivity contribution in [3.05, 3.63) is 47.8 Å². The molecule has 0 amide bonds. The van der Waals surface area contributed by atoms with Crippen LogP contribution in [0.1, 0.15) is 0 Å². The van der Waals surface area contributed by atoms with Crippen LogP contribution in [0.5, 0.6) is 0 Å². The first kappa shape index (κ1) is 11.8. The molecule has 0 saturated heterocycles. The van der Waals surface area contributed by atoms with Crippen molar-refractivity contribution in [1.82, 2.24) is 9.78 Å². The fourth-order valence-electron chi connectivity index (χ4n) is 1.27. The Morgan fingerprint density at radius 1 is 1.31 bits per heavy atom. The highest BCUT2D eigenvalue weighted by molar-refractivity contribution is 14.1. The molecule has 82 valence electrons. The zero-order valence-electron chi connectivity index (χ0n) is 7.80. The lowest BCUT2D eigenvalue weighted by molar-refractivity contribution is -0.384. The third-order valence-electron chi connectivity index (χ3n) is 1.93.